The summed E-state index contributed by atoms with van der Waals surface area (Å²) in [6.07, 6.45) is -3.89. The molecule has 4 nitrogen and oxygen atoms in total. The average Bonchev–Trinajstić information content (AvgIpc) is 2.38. The quantitative estimate of drug-likeness (QED) is 0.762. The fourth-order valence-corrected chi connectivity index (χ4v) is 2.35. The summed E-state index contributed by atoms with van der Waals surface area (Å²) < 4.78 is 42.6. The van der Waals surface area contributed by atoms with Crippen LogP contribution in [0.2, 0.25) is 0 Å². The first-order valence-electron chi connectivity index (χ1n) is 6.15. The van der Waals surface area contributed by atoms with Crippen LogP contribution in [-0.4, -0.2) is 55.9 Å². The van der Waals surface area contributed by atoms with Crippen molar-refractivity contribution < 1.29 is 22.7 Å². The SMILES string of the molecule is O=C(C1CCC(C(F)(F)F)CN1)N1CCOCC1. The van der Waals surface area contributed by atoms with Crippen LogP contribution in [-0.2, 0) is 9.53 Å². The predicted molar refractivity (Wildman–Crippen MR) is 58.0 cm³/mol. The summed E-state index contributed by atoms with van der Waals surface area (Å²) in [5.74, 6) is -1.43. The van der Waals surface area contributed by atoms with Gasteiger partial charge in [0.05, 0.1) is 25.2 Å². The molecular formula is C11H17F3N2O2. The van der Waals surface area contributed by atoms with Crippen LogP contribution in [0.25, 0.3) is 0 Å². The Morgan fingerprint density at radius 2 is 1.89 bits per heavy atom. The number of nitrogens with zero attached hydrogens (tertiary/aromatic N) is 1. The van der Waals surface area contributed by atoms with Gasteiger partial charge >= 0.3 is 6.18 Å². The number of hydrogen-bond donors (Lipinski definition) is 1. The highest BCUT2D eigenvalue weighted by molar-refractivity contribution is 5.82. The first-order chi connectivity index (χ1) is 8.48. The van der Waals surface area contributed by atoms with E-state index in [2.05, 4.69) is 5.32 Å². The van der Waals surface area contributed by atoms with Crippen LogP contribution in [0.1, 0.15) is 12.8 Å². The Bertz CT molecular complexity index is 295. The minimum absolute atomic E-state index is 0.0250. The van der Waals surface area contributed by atoms with Gasteiger partial charge < -0.3 is 15.0 Å². The highest BCUT2D eigenvalue weighted by Crippen LogP contribution is 2.32. The van der Waals surface area contributed by atoms with Crippen molar-refractivity contribution in [3.63, 3.8) is 0 Å². The fraction of sp³-hybridized carbons (Fsp3) is 0.909. The third-order valence-corrected chi connectivity index (χ3v) is 3.50. The van der Waals surface area contributed by atoms with Gasteiger partial charge in [0.25, 0.3) is 0 Å². The molecule has 0 aromatic heterocycles. The van der Waals surface area contributed by atoms with Crippen LogP contribution >= 0.6 is 0 Å². The number of alkyl halides is 3. The summed E-state index contributed by atoms with van der Waals surface area (Å²) in [7, 11) is 0. The standard InChI is InChI=1S/C11H17F3N2O2/c12-11(13,14)8-1-2-9(15-7-8)10(17)16-3-5-18-6-4-16/h8-9,15H,1-7H2. The second-order valence-electron chi connectivity index (χ2n) is 4.71. The summed E-state index contributed by atoms with van der Waals surface area (Å²) >= 11 is 0. The molecule has 2 unspecified atom stereocenters. The maximum Gasteiger partial charge on any atom is 0.393 e. The van der Waals surface area contributed by atoms with Crippen molar-refractivity contribution in [3.05, 3.63) is 0 Å². The number of nitrogens with one attached hydrogen (secondary N) is 1. The predicted octanol–water partition coefficient (Wildman–Crippen LogP) is 0.776. The number of piperidine rings is 1. The summed E-state index contributed by atoms with van der Waals surface area (Å²) in [4.78, 5) is 13.7. The first kappa shape index (κ1) is 13.6. The van der Waals surface area contributed by atoms with Crippen molar-refractivity contribution in [1.29, 1.82) is 0 Å². The van der Waals surface area contributed by atoms with Crippen molar-refractivity contribution in [2.75, 3.05) is 32.8 Å². The van der Waals surface area contributed by atoms with Gasteiger partial charge in [0.1, 0.15) is 0 Å². The van der Waals surface area contributed by atoms with Crippen molar-refractivity contribution in [2.24, 2.45) is 5.92 Å². The van der Waals surface area contributed by atoms with E-state index in [1.807, 2.05) is 0 Å². The molecule has 0 aromatic rings. The number of carbonyl (C=O) groups is 1. The minimum Gasteiger partial charge on any atom is -0.378 e. The summed E-state index contributed by atoms with van der Waals surface area (Å²) in [6, 6.07) is -0.471. The molecule has 18 heavy (non-hydrogen) atoms. The Hall–Kier alpha value is -0.820. The lowest BCUT2D eigenvalue weighted by Gasteiger charge is -2.35. The molecule has 2 aliphatic rings. The molecule has 1 N–H and O–H groups in total. The molecule has 0 saturated carbocycles. The topological polar surface area (TPSA) is 41.6 Å². The zero-order valence-corrected chi connectivity index (χ0v) is 10.0. The van der Waals surface area contributed by atoms with Crippen molar-refractivity contribution in [3.8, 4) is 0 Å². The van der Waals surface area contributed by atoms with Crippen LogP contribution in [0.4, 0.5) is 13.2 Å². The molecule has 0 spiro atoms. The van der Waals surface area contributed by atoms with Gasteiger partial charge in [-0.1, -0.05) is 0 Å². The van der Waals surface area contributed by atoms with E-state index in [4.69, 9.17) is 4.74 Å². The van der Waals surface area contributed by atoms with Gasteiger partial charge in [-0.2, -0.15) is 13.2 Å². The molecular weight excluding hydrogens is 249 g/mol. The van der Waals surface area contributed by atoms with Crippen molar-refractivity contribution in [1.82, 2.24) is 10.2 Å². The van der Waals surface area contributed by atoms with E-state index < -0.39 is 18.1 Å². The third-order valence-electron chi connectivity index (χ3n) is 3.50. The molecule has 0 bridgehead atoms. The van der Waals surface area contributed by atoms with Crippen molar-refractivity contribution >= 4 is 5.91 Å². The zero-order valence-electron chi connectivity index (χ0n) is 10.0. The lowest BCUT2D eigenvalue weighted by molar-refractivity contribution is -0.181. The monoisotopic (exact) mass is 266 g/mol. The molecule has 2 aliphatic heterocycles. The van der Waals surface area contributed by atoms with Gasteiger partial charge in [0.15, 0.2) is 0 Å². The highest BCUT2D eigenvalue weighted by Gasteiger charge is 2.43. The first-order valence-corrected chi connectivity index (χ1v) is 6.15. The molecule has 2 atom stereocenters. The number of halogens is 3. The Balaban J connectivity index is 1.83. The van der Waals surface area contributed by atoms with Crippen LogP contribution in [0.15, 0.2) is 0 Å². The summed E-state index contributed by atoms with van der Waals surface area (Å²) in [5.41, 5.74) is 0. The molecule has 1 amide bonds. The molecule has 0 aliphatic carbocycles. The van der Waals surface area contributed by atoms with Crippen LogP contribution in [0.3, 0.4) is 0 Å². The maximum absolute atomic E-state index is 12.5. The van der Waals surface area contributed by atoms with E-state index in [0.717, 1.165) is 0 Å². The lowest BCUT2D eigenvalue weighted by Crippen LogP contribution is -2.54. The van der Waals surface area contributed by atoms with Gasteiger partial charge in [-0.15, -0.1) is 0 Å². The molecule has 0 aromatic carbocycles. The second-order valence-corrected chi connectivity index (χ2v) is 4.71. The van der Waals surface area contributed by atoms with E-state index in [0.29, 0.717) is 26.3 Å². The second kappa shape index (κ2) is 5.44. The molecule has 2 saturated heterocycles. The molecule has 2 heterocycles. The number of hydrogen-bond acceptors (Lipinski definition) is 3. The molecule has 7 heteroatoms. The number of amides is 1. The molecule has 2 fully saturated rings. The molecule has 104 valence electrons. The number of carbonyl (C=O) groups excluding carboxylic acids is 1. The number of ether oxygens (including phenoxy) is 1. The van der Waals surface area contributed by atoms with Crippen LogP contribution in [0.5, 0.6) is 0 Å². The Morgan fingerprint density at radius 1 is 1.22 bits per heavy atom. The normalized spacial score (nSPS) is 30.3. The van der Waals surface area contributed by atoms with Crippen LogP contribution < -0.4 is 5.32 Å². The summed E-state index contributed by atoms with van der Waals surface area (Å²) in [6.45, 7) is 1.90. The van der Waals surface area contributed by atoms with Gasteiger partial charge in [0, 0.05) is 19.6 Å². The van der Waals surface area contributed by atoms with Crippen molar-refractivity contribution in [2.45, 2.75) is 25.1 Å². The minimum atomic E-state index is -4.17. The van der Waals surface area contributed by atoms with E-state index in [-0.39, 0.29) is 25.3 Å². The number of rotatable bonds is 1. The zero-order chi connectivity index (χ0) is 13.2. The Kier molecular flexibility index (Phi) is 4.11. The lowest BCUT2D eigenvalue weighted by atomic mass is 9.93. The van der Waals surface area contributed by atoms with E-state index in [1.165, 1.54) is 0 Å². The fourth-order valence-electron chi connectivity index (χ4n) is 2.35. The average molecular weight is 266 g/mol. The van der Waals surface area contributed by atoms with Gasteiger partial charge in [-0.3, -0.25) is 4.79 Å². The number of morpholine rings is 1. The third kappa shape index (κ3) is 3.14. The van der Waals surface area contributed by atoms with Gasteiger partial charge in [0.2, 0.25) is 5.91 Å². The highest BCUT2D eigenvalue weighted by atomic mass is 19.4. The largest absolute Gasteiger partial charge is 0.393 e. The summed E-state index contributed by atoms with van der Waals surface area (Å²) in [5, 5.41) is 2.72. The smallest absolute Gasteiger partial charge is 0.378 e. The Morgan fingerprint density at radius 3 is 2.39 bits per heavy atom. The molecule has 0 radical (unpaired) electrons. The van der Waals surface area contributed by atoms with Crippen LogP contribution in [0, 0.1) is 5.92 Å². The van der Waals surface area contributed by atoms with Gasteiger partial charge in [-0.05, 0) is 12.8 Å². The molecule has 2 rings (SSSR count). The van der Waals surface area contributed by atoms with Gasteiger partial charge in [-0.25, -0.2) is 0 Å². The maximum atomic E-state index is 12.5. The van der Waals surface area contributed by atoms with E-state index in [9.17, 15) is 18.0 Å². The van der Waals surface area contributed by atoms with E-state index >= 15 is 0 Å². The van der Waals surface area contributed by atoms with E-state index in [1.54, 1.807) is 4.90 Å². The Labute approximate surface area is 103 Å².